The number of hydrogen-bond donors (Lipinski definition) is 0. The van der Waals surface area contributed by atoms with Gasteiger partial charge in [-0.05, 0) is 29.8 Å². The average Bonchev–Trinajstić information content (AvgIpc) is 2.56. The largest absolute Gasteiger partial charge is 0.290 e. The molecule has 0 saturated heterocycles. The van der Waals surface area contributed by atoms with Gasteiger partial charge in [0.05, 0.1) is 11.9 Å². The molecular formula is C17H10ClN3O. The van der Waals surface area contributed by atoms with Crippen LogP contribution in [0.1, 0.15) is 5.56 Å². The fraction of sp³-hybridized carbons (Fsp3) is 0. The van der Waals surface area contributed by atoms with Crippen LogP contribution < -0.4 is 5.56 Å². The number of nitrogens with zero attached hydrogens (tertiary/aromatic N) is 3. The summed E-state index contributed by atoms with van der Waals surface area (Å²) in [5.41, 5.74) is 1.45. The highest BCUT2D eigenvalue weighted by Gasteiger charge is 2.13. The van der Waals surface area contributed by atoms with E-state index in [1.807, 2.05) is 24.3 Å². The minimum atomic E-state index is -0.443. The Kier molecular flexibility index (Phi) is 3.73. The fourth-order valence-corrected chi connectivity index (χ4v) is 2.29. The van der Waals surface area contributed by atoms with E-state index in [1.165, 1.54) is 10.9 Å². The molecule has 1 aromatic heterocycles. The van der Waals surface area contributed by atoms with Crippen LogP contribution in [0.15, 0.2) is 65.6 Å². The van der Waals surface area contributed by atoms with Crippen molar-refractivity contribution < 1.29 is 0 Å². The normalized spacial score (nSPS) is 10.2. The molecule has 0 saturated carbocycles. The molecule has 0 bridgehead atoms. The maximum atomic E-state index is 12.5. The van der Waals surface area contributed by atoms with Crippen molar-refractivity contribution in [3.05, 3.63) is 81.7 Å². The molecule has 3 rings (SSSR count). The zero-order valence-electron chi connectivity index (χ0n) is 11.4. The lowest BCUT2D eigenvalue weighted by Crippen LogP contribution is -2.24. The van der Waals surface area contributed by atoms with Crippen LogP contribution in [0, 0.1) is 11.3 Å². The third-order valence-electron chi connectivity index (χ3n) is 3.25. The van der Waals surface area contributed by atoms with E-state index in [9.17, 15) is 10.1 Å². The quantitative estimate of drug-likeness (QED) is 0.729. The summed E-state index contributed by atoms with van der Waals surface area (Å²) >= 11 is 5.86. The highest BCUT2D eigenvalue weighted by atomic mass is 35.5. The summed E-state index contributed by atoms with van der Waals surface area (Å²) in [7, 11) is 0. The molecule has 0 aliphatic rings. The smallest absolute Gasteiger partial charge is 0.266 e. The summed E-state index contributed by atoms with van der Waals surface area (Å²) in [5.74, 6) is 0. The average molecular weight is 308 g/mol. The summed E-state index contributed by atoms with van der Waals surface area (Å²) in [4.78, 5) is 12.5. The van der Waals surface area contributed by atoms with Crippen LogP contribution in [0.4, 0.5) is 0 Å². The van der Waals surface area contributed by atoms with Crippen LogP contribution in [0.2, 0.25) is 5.02 Å². The number of benzene rings is 2. The van der Waals surface area contributed by atoms with Crippen molar-refractivity contribution in [1.82, 2.24) is 9.78 Å². The maximum Gasteiger partial charge on any atom is 0.290 e. The molecule has 0 unspecified atom stereocenters. The zero-order chi connectivity index (χ0) is 15.5. The van der Waals surface area contributed by atoms with Crippen LogP contribution in [0.3, 0.4) is 0 Å². The first-order valence-corrected chi connectivity index (χ1v) is 6.92. The minimum Gasteiger partial charge on any atom is -0.266 e. The Morgan fingerprint density at radius 2 is 1.73 bits per heavy atom. The first-order valence-electron chi connectivity index (χ1n) is 6.54. The van der Waals surface area contributed by atoms with Crippen molar-refractivity contribution in [2.24, 2.45) is 0 Å². The number of hydrogen-bond acceptors (Lipinski definition) is 3. The molecule has 1 heterocycles. The Morgan fingerprint density at radius 3 is 2.36 bits per heavy atom. The van der Waals surface area contributed by atoms with Gasteiger partial charge in [0.25, 0.3) is 5.56 Å². The molecule has 22 heavy (non-hydrogen) atoms. The monoisotopic (exact) mass is 307 g/mol. The van der Waals surface area contributed by atoms with Gasteiger partial charge in [-0.15, -0.1) is 0 Å². The van der Waals surface area contributed by atoms with Gasteiger partial charge < -0.3 is 0 Å². The summed E-state index contributed by atoms with van der Waals surface area (Å²) in [6.07, 6.45) is 1.52. The third-order valence-corrected chi connectivity index (χ3v) is 3.50. The maximum absolute atomic E-state index is 12.5. The minimum absolute atomic E-state index is 0.0566. The molecule has 0 amide bonds. The van der Waals surface area contributed by atoms with E-state index in [4.69, 9.17) is 11.6 Å². The van der Waals surface area contributed by atoms with Crippen LogP contribution in [-0.4, -0.2) is 9.78 Å². The van der Waals surface area contributed by atoms with E-state index in [2.05, 4.69) is 5.10 Å². The van der Waals surface area contributed by atoms with E-state index in [1.54, 1.807) is 36.4 Å². The van der Waals surface area contributed by atoms with Gasteiger partial charge in [-0.1, -0.05) is 41.9 Å². The van der Waals surface area contributed by atoms with Gasteiger partial charge in [0, 0.05) is 10.6 Å². The highest BCUT2D eigenvalue weighted by molar-refractivity contribution is 6.30. The number of nitriles is 1. The first kappa shape index (κ1) is 14.1. The molecule has 2 aromatic carbocycles. The lowest BCUT2D eigenvalue weighted by atomic mass is 10.0. The van der Waals surface area contributed by atoms with Crippen molar-refractivity contribution in [2.45, 2.75) is 0 Å². The molecular weight excluding hydrogens is 298 g/mol. The van der Waals surface area contributed by atoms with Gasteiger partial charge in [-0.3, -0.25) is 4.79 Å². The number of rotatable bonds is 2. The number of halogens is 1. The second kappa shape index (κ2) is 5.84. The Bertz CT molecular complexity index is 909. The lowest BCUT2D eigenvalue weighted by Gasteiger charge is -2.08. The molecule has 0 atom stereocenters. The van der Waals surface area contributed by atoms with Gasteiger partial charge in [0.15, 0.2) is 0 Å². The summed E-state index contributed by atoms with van der Waals surface area (Å²) in [6, 6.07) is 17.9. The van der Waals surface area contributed by atoms with Crippen molar-refractivity contribution in [3.8, 4) is 22.9 Å². The lowest BCUT2D eigenvalue weighted by molar-refractivity contribution is 0.804. The summed E-state index contributed by atoms with van der Waals surface area (Å²) < 4.78 is 1.22. The van der Waals surface area contributed by atoms with Crippen molar-refractivity contribution in [2.75, 3.05) is 0 Å². The molecule has 0 spiro atoms. The standard InChI is InChI=1S/C17H10ClN3O/c18-13-8-6-12(7-9-13)16-11-20-21(17(22)15(16)10-19)14-4-2-1-3-5-14/h1-9,11H. The van der Waals surface area contributed by atoms with E-state index in [0.29, 0.717) is 16.3 Å². The molecule has 0 fully saturated rings. The predicted octanol–water partition coefficient (Wildman–Crippen LogP) is 3.42. The first-order chi connectivity index (χ1) is 10.7. The van der Waals surface area contributed by atoms with Gasteiger partial charge in [-0.25, -0.2) is 0 Å². The van der Waals surface area contributed by atoms with E-state index >= 15 is 0 Å². The van der Waals surface area contributed by atoms with Crippen molar-refractivity contribution in [1.29, 1.82) is 5.26 Å². The molecule has 3 aromatic rings. The van der Waals surface area contributed by atoms with E-state index in [0.717, 1.165) is 5.56 Å². The molecule has 0 aliphatic heterocycles. The van der Waals surface area contributed by atoms with Gasteiger partial charge in [-0.2, -0.15) is 15.0 Å². The van der Waals surface area contributed by atoms with Crippen molar-refractivity contribution >= 4 is 11.6 Å². The van der Waals surface area contributed by atoms with Crippen molar-refractivity contribution in [3.63, 3.8) is 0 Å². The van der Waals surface area contributed by atoms with Crippen LogP contribution in [0.5, 0.6) is 0 Å². The second-order valence-corrected chi connectivity index (χ2v) is 5.04. The Balaban J connectivity index is 2.20. The topological polar surface area (TPSA) is 58.7 Å². The Labute approximate surface area is 131 Å². The Morgan fingerprint density at radius 1 is 1.05 bits per heavy atom. The Hall–Kier alpha value is -2.90. The molecule has 0 radical (unpaired) electrons. The predicted molar refractivity (Wildman–Crippen MR) is 85.0 cm³/mol. The summed E-state index contributed by atoms with van der Waals surface area (Å²) in [5, 5.41) is 14.1. The second-order valence-electron chi connectivity index (χ2n) is 4.60. The molecule has 106 valence electrons. The van der Waals surface area contributed by atoms with Gasteiger partial charge in [0.2, 0.25) is 0 Å². The van der Waals surface area contributed by atoms with Crippen LogP contribution in [-0.2, 0) is 0 Å². The van der Waals surface area contributed by atoms with Crippen LogP contribution >= 0.6 is 11.6 Å². The van der Waals surface area contributed by atoms with Gasteiger partial charge >= 0.3 is 0 Å². The SMILES string of the molecule is N#Cc1c(-c2ccc(Cl)cc2)cnn(-c2ccccc2)c1=O. The molecule has 0 aliphatic carbocycles. The van der Waals surface area contributed by atoms with E-state index < -0.39 is 5.56 Å². The molecule has 5 heteroatoms. The third kappa shape index (κ3) is 2.50. The molecule has 0 N–H and O–H groups in total. The van der Waals surface area contributed by atoms with Crippen LogP contribution in [0.25, 0.3) is 16.8 Å². The fourth-order valence-electron chi connectivity index (χ4n) is 2.16. The highest BCUT2D eigenvalue weighted by Crippen LogP contribution is 2.22. The van der Waals surface area contributed by atoms with E-state index in [-0.39, 0.29) is 5.56 Å². The zero-order valence-corrected chi connectivity index (χ0v) is 12.2. The summed E-state index contributed by atoms with van der Waals surface area (Å²) in [6.45, 7) is 0. The number of aromatic nitrogens is 2. The molecule has 4 nitrogen and oxygen atoms in total. The van der Waals surface area contributed by atoms with Gasteiger partial charge in [0.1, 0.15) is 11.6 Å². The number of para-hydroxylation sites is 1.